The van der Waals surface area contributed by atoms with E-state index >= 15 is 0 Å². The van der Waals surface area contributed by atoms with Crippen LogP contribution in [-0.2, 0) is 4.79 Å². The maximum absolute atomic E-state index is 12.1. The first-order valence-corrected chi connectivity index (χ1v) is 5.65. The molecule has 0 saturated heterocycles. The molecular weight excluding hydrogens is 244 g/mol. The Labute approximate surface area is 110 Å². The summed E-state index contributed by atoms with van der Waals surface area (Å²) in [5.41, 5.74) is 0.867. The van der Waals surface area contributed by atoms with E-state index < -0.39 is 5.97 Å². The number of para-hydroxylation sites is 1. The van der Waals surface area contributed by atoms with E-state index in [1.165, 1.54) is 13.1 Å². The number of aromatic nitrogens is 1. The Hall–Kier alpha value is -2.69. The zero-order valence-electron chi connectivity index (χ0n) is 10.3. The Morgan fingerprint density at radius 2 is 1.95 bits per heavy atom. The van der Waals surface area contributed by atoms with Crippen molar-refractivity contribution in [2.75, 3.05) is 5.32 Å². The molecule has 0 aliphatic carbocycles. The van der Waals surface area contributed by atoms with Crippen molar-refractivity contribution in [3.05, 3.63) is 54.4 Å². The van der Waals surface area contributed by atoms with E-state index in [4.69, 9.17) is 4.74 Å². The standard InChI is InChI=1S/C14H12N2O3/c1-10(17)19-13-7-3-2-6-12(13)14(18)16-11-5-4-8-15-9-11/h2-9H,1H3,(H,16,18). The van der Waals surface area contributed by atoms with Gasteiger partial charge in [-0.3, -0.25) is 14.6 Å². The molecule has 1 aromatic carbocycles. The van der Waals surface area contributed by atoms with Crippen molar-refractivity contribution in [1.29, 1.82) is 0 Å². The number of hydrogen-bond acceptors (Lipinski definition) is 4. The number of ether oxygens (including phenoxy) is 1. The number of benzene rings is 1. The Kier molecular flexibility index (Phi) is 3.87. The molecule has 96 valence electrons. The first-order valence-electron chi connectivity index (χ1n) is 5.65. The highest BCUT2D eigenvalue weighted by Gasteiger charge is 2.13. The molecule has 5 nitrogen and oxygen atoms in total. The van der Waals surface area contributed by atoms with E-state index in [2.05, 4.69) is 10.3 Å². The molecule has 0 atom stereocenters. The maximum atomic E-state index is 12.1. The number of amides is 1. The summed E-state index contributed by atoms with van der Waals surface area (Å²) in [5, 5.41) is 2.68. The van der Waals surface area contributed by atoms with E-state index in [9.17, 15) is 9.59 Å². The average molecular weight is 256 g/mol. The smallest absolute Gasteiger partial charge is 0.308 e. The summed E-state index contributed by atoms with van der Waals surface area (Å²) in [4.78, 5) is 27.0. The van der Waals surface area contributed by atoms with Crippen molar-refractivity contribution in [2.45, 2.75) is 6.92 Å². The summed E-state index contributed by atoms with van der Waals surface area (Å²) in [6, 6.07) is 9.99. The van der Waals surface area contributed by atoms with Crippen LogP contribution in [0.3, 0.4) is 0 Å². The lowest BCUT2D eigenvalue weighted by molar-refractivity contribution is -0.131. The average Bonchev–Trinajstić information content (AvgIpc) is 2.39. The van der Waals surface area contributed by atoms with Gasteiger partial charge in [-0.15, -0.1) is 0 Å². The molecule has 0 aliphatic rings. The fourth-order valence-electron chi connectivity index (χ4n) is 1.53. The normalized spacial score (nSPS) is 9.74. The van der Waals surface area contributed by atoms with Gasteiger partial charge in [-0.1, -0.05) is 12.1 Å². The number of nitrogens with one attached hydrogen (secondary N) is 1. The Balaban J connectivity index is 2.21. The van der Waals surface area contributed by atoms with Crippen molar-refractivity contribution in [2.24, 2.45) is 0 Å². The van der Waals surface area contributed by atoms with Crippen LogP contribution in [0.15, 0.2) is 48.8 Å². The third-order valence-electron chi connectivity index (χ3n) is 2.30. The van der Waals surface area contributed by atoms with Crippen LogP contribution in [0.1, 0.15) is 17.3 Å². The molecule has 0 saturated carbocycles. The minimum absolute atomic E-state index is 0.233. The number of hydrogen-bond donors (Lipinski definition) is 1. The summed E-state index contributed by atoms with van der Waals surface area (Å²) in [6.07, 6.45) is 3.15. The van der Waals surface area contributed by atoms with Gasteiger partial charge in [0.05, 0.1) is 17.4 Å². The third kappa shape index (κ3) is 3.38. The van der Waals surface area contributed by atoms with E-state index in [0.717, 1.165) is 0 Å². The summed E-state index contributed by atoms with van der Waals surface area (Å²) in [7, 11) is 0. The molecule has 0 fully saturated rings. The molecule has 0 spiro atoms. The van der Waals surface area contributed by atoms with Gasteiger partial charge in [0.15, 0.2) is 0 Å². The molecule has 1 aromatic heterocycles. The summed E-state index contributed by atoms with van der Waals surface area (Å²) in [5.74, 6) is -0.595. The number of pyridine rings is 1. The molecule has 19 heavy (non-hydrogen) atoms. The second kappa shape index (κ2) is 5.77. The molecule has 1 N–H and O–H groups in total. The Bertz CT molecular complexity index is 597. The van der Waals surface area contributed by atoms with Crippen molar-refractivity contribution in [3.63, 3.8) is 0 Å². The first-order chi connectivity index (χ1) is 9.16. The van der Waals surface area contributed by atoms with Gasteiger partial charge in [0.1, 0.15) is 5.75 Å². The predicted molar refractivity (Wildman–Crippen MR) is 69.9 cm³/mol. The molecule has 1 heterocycles. The molecule has 0 aliphatic heterocycles. The number of carbonyl (C=O) groups excluding carboxylic acids is 2. The number of rotatable bonds is 3. The first kappa shape index (κ1) is 12.8. The number of nitrogens with zero attached hydrogens (tertiary/aromatic N) is 1. The lowest BCUT2D eigenvalue weighted by Crippen LogP contribution is -2.14. The van der Waals surface area contributed by atoms with E-state index in [0.29, 0.717) is 11.3 Å². The third-order valence-corrected chi connectivity index (χ3v) is 2.30. The van der Waals surface area contributed by atoms with Gasteiger partial charge in [0.25, 0.3) is 5.91 Å². The van der Waals surface area contributed by atoms with Crippen LogP contribution < -0.4 is 10.1 Å². The van der Waals surface area contributed by atoms with Crippen LogP contribution in [0.5, 0.6) is 5.75 Å². The van der Waals surface area contributed by atoms with Gasteiger partial charge < -0.3 is 10.1 Å². The predicted octanol–water partition coefficient (Wildman–Crippen LogP) is 2.26. The van der Waals surface area contributed by atoms with Gasteiger partial charge in [0, 0.05) is 13.1 Å². The number of esters is 1. The molecule has 0 radical (unpaired) electrons. The van der Waals surface area contributed by atoms with E-state index in [1.807, 2.05) is 0 Å². The molecule has 2 aromatic rings. The Morgan fingerprint density at radius 1 is 1.16 bits per heavy atom. The van der Waals surface area contributed by atoms with Crippen molar-refractivity contribution in [3.8, 4) is 5.75 Å². The van der Waals surface area contributed by atoms with Gasteiger partial charge >= 0.3 is 5.97 Å². The minimum Gasteiger partial charge on any atom is -0.426 e. The van der Waals surface area contributed by atoms with E-state index in [-0.39, 0.29) is 11.7 Å². The van der Waals surface area contributed by atoms with Gasteiger partial charge in [-0.2, -0.15) is 0 Å². The van der Waals surface area contributed by atoms with E-state index in [1.54, 1.807) is 42.6 Å². The monoisotopic (exact) mass is 256 g/mol. The molecule has 1 amide bonds. The largest absolute Gasteiger partial charge is 0.426 e. The zero-order chi connectivity index (χ0) is 13.7. The van der Waals surface area contributed by atoms with Crippen LogP contribution in [0.25, 0.3) is 0 Å². The lowest BCUT2D eigenvalue weighted by atomic mass is 10.2. The topological polar surface area (TPSA) is 68.3 Å². The van der Waals surface area contributed by atoms with Crippen LogP contribution in [-0.4, -0.2) is 16.9 Å². The second-order valence-corrected chi connectivity index (χ2v) is 3.79. The Morgan fingerprint density at radius 3 is 2.63 bits per heavy atom. The maximum Gasteiger partial charge on any atom is 0.308 e. The van der Waals surface area contributed by atoms with Gasteiger partial charge in [0.2, 0.25) is 0 Å². The highest BCUT2D eigenvalue weighted by Crippen LogP contribution is 2.19. The quantitative estimate of drug-likeness (QED) is 0.675. The van der Waals surface area contributed by atoms with Crippen molar-refractivity contribution >= 4 is 17.6 Å². The summed E-state index contributed by atoms with van der Waals surface area (Å²) >= 11 is 0. The van der Waals surface area contributed by atoms with Crippen molar-refractivity contribution < 1.29 is 14.3 Å². The van der Waals surface area contributed by atoms with Crippen LogP contribution >= 0.6 is 0 Å². The molecule has 5 heteroatoms. The second-order valence-electron chi connectivity index (χ2n) is 3.79. The lowest BCUT2D eigenvalue weighted by Gasteiger charge is -2.09. The van der Waals surface area contributed by atoms with Crippen molar-refractivity contribution in [1.82, 2.24) is 4.98 Å². The molecule has 2 rings (SSSR count). The summed E-state index contributed by atoms with van der Waals surface area (Å²) in [6.45, 7) is 1.29. The highest BCUT2D eigenvalue weighted by atomic mass is 16.5. The van der Waals surface area contributed by atoms with Gasteiger partial charge in [-0.25, -0.2) is 0 Å². The molecule has 0 bridgehead atoms. The fourth-order valence-corrected chi connectivity index (χ4v) is 1.53. The number of anilines is 1. The highest BCUT2D eigenvalue weighted by molar-refractivity contribution is 6.06. The van der Waals surface area contributed by atoms with Gasteiger partial charge in [-0.05, 0) is 24.3 Å². The fraction of sp³-hybridized carbons (Fsp3) is 0.0714. The SMILES string of the molecule is CC(=O)Oc1ccccc1C(=O)Nc1cccnc1. The van der Waals surface area contributed by atoms with Crippen LogP contribution in [0.4, 0.5) is 5.69 Å². The molecular formula is C14H12N2O3. The molecule has 0 unspecified atom stereocenters. The zero-order valence-corrected chi connectivity index (χ0v) is 10.3. The van der Waals surface area contributed by atoms with Crippen LogP contribution in [0, 0.1) is 0 Å². The van der Waals surface area contributed by atoms with Crippen LogP contribution in [0.2, 0.25) is 0 Å². The minimum atomic E-state index is -0.471. The summed E-state index contributed by atoms with van der Waals surface area (Å²) < 4.78 is 4.99. The number of carbonyl (C=O) groups is 2.